The van der Waals surface area contributed by atoms with E-state index in [9.17, 15) is 4.79 Å². The largest absolute Gasteiger partial charge is 0.496 e. The van der Waals surface area contributed by atoms with Crippen LogP contribution in [0, 0.1) is 5.92 Å². The molecule has 110 valence electrons. The van der Waals surface area contributed by atoms with E-state index in [2.05, 4.69) is 6.92 Å². The van der Waals surface area contributed by atoms with Gasteiger partial charge in [-0.3, -0.25) is 4.79 Å². The second kappa shape index (κ2) is 6.89. The first-order valence-corrected chi connectivity index (χ1v) is 7.39. The fourth-order valence-corrected chi connectivity index (χ4v) is 2.71. The molecule has 0 atom stereocenters. The lowest BCUT2D eigenvalue weighted by Crippen LogP contribution is -2.20. The van der Waals surface area contributed by atoms with E-state index in [0.29, 0.717) is 18.3 Å². The molecule has 3 heteroatoms. The number of carbonyl (C=O) groups excluding carboxylic acids is 1. The summed E-state index contributed by atoms with van der Waals surface area (Å²) < 4.78 is 11.3. The molecule has 3 nitrogen and oxygen atoms in total. The number of ketones is 1. The minimum atomic E-state index is 0.0698. The molecule has 1 aromatic rings. The third kappa shape index (κ3) is 3.83. The van der Waals surface area contributed by atoms with Gasteiger partial charge in [-0.05, 0) is 56.7 Å². The van der Waals surface area contributed by atoms with E-state index in [1.807, 2.05) is 12.1 Å². The van der Waals surface area contributed by atoms with E-state index in [-0.39, 0.29) is 5.78 Å². The Balaban J connectivity index is 2.00. The molecule has 2 rings (SSSR count). The van der Waals surface area contributed by atoms with Crippen LogP contribution in [-0.2, 0) is 11.3 Å². The summed E-state index contributed by atoms with van der Waals surface area (Å²) in [7, 11) is 1.65. The topological polar surface area (TPSA) is 35.5 Å². The van der Waals surface area contributed by atoms with Crippen LogP contribution >= 0.6 is 0 Å². The monoisotopic (exact) mass is 276 g/mol. The molecule has 0 heterocycles. The Labute approximate surface area is 121 Å². The molecule has 1 aliphatic carbocycles. The van der Waals surface area contributed by atoms with Crippen molar-refractivity contribution in [2.75, 3.05) is 7.11 Å². The highest BCUT2D eigenvalue weighted by Crippen LogP contribution is 2.28. The molecule has 0 radical (unpaired) electrons. The number of hydrogen-bond acceptors (Lipinski definition) is 3. The summed E-state index contributed by atoms with van der Waals surface area (Å²) in [6, 6.07) is 5.53. The summed E-state index contributed by atoms with van der Waals surface area (Å²) in [6.07, 6.45) is 5.10. The zero-order valence-corrected chi connectivity index (χ0v) is 12.6. The number of ether oxygens (including phenoxy) is 2. The molecule has 0 aromatic heterocycles. The zero-order chi connectivity index (χ0) is 14.5. The second-order valence-corrected chi connectivity index (χ2v) is 5.78. The predicted molar refractivity (Wildman–Crippen MR) is 79.2 cm³/mol. The number of methoxy groups -OCH3 is 1. The van der Waals surface area contributed by atoms with Gasteiger partial charge in [-0.2, -0.15) is 0 Å². The zero-order valence-electron chi connectivity index (χ0n) is 12.6. The van der Waals surface area contributed by atoms with Crippen LogP contribution in [0.3, 0.4) is 0 Å². The standard InChI is InChI=1S/C17H24O3/c1-12-4-7-16(8-5-12)20-11-15-10-14(13(2)18)6-9-17(15)19-3/h6,9-10,12,16H,4-5,7-8,11H2,1-3H3. The lowest BCUT2D eigenvalue weighted by Gasteiger charge is -2.26. The third-order valence-corrected chi connectivity index (χ3v) is 4.12. The van der Waals surface area contributed by atoms with E-state index in [4.69, 9.17) is 9.47 Å². The molecule has 0 bridgehead atoms. The smallest absolute Gasteiger partial charge is 0.159 e. The number of Topliss-reactive ketones (excluding diaryl/α,β-unsaturated/α-hetero) is 1. The summed E-state index contributed by atoms with van der Waals surface area (Å²) in [5.74, 6) is 1.69. The van der Waals surface area contributed by atoms with Crippen LogP contribution in [-0.4, -0.2) is 19.0 Å². The van der Waals surface area contributed by atoms with E-state index in [0.717, 1.165) is 30.1 Å². The van der Waals surface area contributed by atoms with Crippen molar-refractivity contribution < 1.29 is 14.3 Å². The van der Waals surface area contributed by atoms with Gasteiger partial charge in [0.2, 0.25) is 0 Å². The van der Waals surface area contributed by atoms with Crippen LogP contribution in [0.4, 0.5) is 0 Å². The van der Waals surface area contributed by atoms with Crippen molar-refractivity contribution >= 4 is 5.78 Å². The van der Waals surface area contributed by atoms with Crippen LogP contribution in [0.15, 0.2) is 18.2 Å². The van der Waals surface area contributed by atoms with Crippen LogP contribution in [0.2, 0.25) is 0 Å². The van der Waals surface area contributed by atoms with Crippen LogP contribution < -0.4 is 4.74 Å². The summed E-state index contributed by atoms with van der Waals surface area (Å²) >= 11 is 0. The maximum Gasteiger partial charge on any atom is 0.159 e. The molecule has 0 N–H and O–H groups in total. The van der Waals surface area contributed by atoms with Crippen molar-refractivity contribution in [1.29, 1.82) is 0 Å². The van der Waals surface area contributed by atoms with Gasteiger partial charge < -0.3 is 9.47 Å². The Hall–Kier alpha value is -1.35. The lowest BCUT2D eigenvalue weighted by atomic mass is 9.89. The average molecular weight is 276 g/mol. The van der Waals surface area contributed by atoms with Crippen LogP contribution in [0.25, 0.3) is 0 Å². The Kier molecular flexibility index (Phi) is 5.18. The first-order chi connectivity index (χ1) is 9.60. The minimum absolute atomic E-state index is 0.0698. The highest BCUT2D eigenvalue weighted by atomic mass is 16.5. The SMILES string of the molecule is COc1ccc(C(C)=O)cc1COC1CCC(C)CC1. The Morgan fingerprint density at radius 3 is 2.55 bits per heavy atom. The molecular formula is C17H24O3. The highest BCUT2D eigenvalue weighted by molar-refractivity contribution is 5.94. The van der Waals surface area contributed by atoms with Crippen molar-refractivity contribution in [3.8, 4) is 5.75 Å². The first kappa shape index (κ1) is 15.0. The fraction of sp³-hybridized carbons (Fsp3) is 0.588. The number of benzene rings is 1. The van der Waals surface area contributed by atoms with E-state index in [1.54, 1.807) is 20.1 Å². The van der Waals surface area contributed by atoms with Gasteiger partial charge in [0.05, 0.1) is 19.8 Å². The lowest BCUT2D eigenvalue weighted by molar-refractivity contribution is 0.00801. The molecule has 0 saturated heterocycles. The van der Waals surface area contributed by atoms with Crippen molar-refractivity contribution in [2.24, 2.45) is 5.92 Å². The first-order valence-electron chi connectivity index (χ1n) is 7.39. The molecule has 1 aliphatic rings. The summed E-state index contributed by atoms with van der Waals surface area (Å²) in [5.41, 5.74) is 1.67. The normalized spacial score (nSPS) is 22.6. The Morgan fingerprint density at radius 2 is 1.95 bits per heavy atom. The molecule has 1 fully saturated rings. The van der Waals surface area contributed by atoms with E-state index < -0.39 is 0 Å². The van der Waals surface area contributed by atoms with E-state index >= 15 is 0 Å². The predicted octanol–water partition coefficient (Wildman–Crippen LogP) is 3.99. The van der Waals surface area contributed by atoms with Gasteiger partial charge in [0, 0.05) is 11.1 Å². The molecule has 0 unspecified atom stereocenters. The maximum atomic E-state index is 11.5. The third-order valence-electron chi connectivity index (χ3n) is 4.12. The van der Waals surface area contributed by atoms with Gasteiger partial charge in [-0.15, -0.1) is 0 Å². The van der Waals surface area contributed by atoms with Crippen LogP contribution in [0.1, 0.15) is 55.5 Å². The van der Waals surface area contributed by atoms with Crippen LogP contribution in [0.5, 0.6) is 5.75 Å². The van der Waals surface area contributed by atoms with Crippen molar-refractivity contribution in [3.05, 3.63) is 29.3 Å². The maximum absolute atomic E-state index is 11.5. The Morgan fingerprint density at radius 1 is 1.25 bits per heavy atom. The van der Waals surface area contributed by atoms with Crippen molar-refractivity contribution in [2.45, 2.75) is 52.2 Å². The quantitative estimate of drug-likeness (QED) is 0.763. The van der Waals surface area contributed by atoms with Gasteiger partial charge >= 0.3 is 0 Å². The van der Waals surface area contributed by atoms with Gasteiger partial charge in [0.15, 0.2) is 5.78 Å². The molecule has 1 saturated carbocycles. The summed E-state index contributed by atoms with van der Waals surface area (Å²) in [5, 5.41) is 0. The molecule has 0 spiro atoms. The summed E-state index contributed by atoms with van der Waals surface area (Å²) in [6.45, 7) is 4.40. The molecule has 0 amide bonds. The van der Waals surface area contributed by atoms with Gasteiger partial charge in [0.25, 0.3) is 0 Å². The number of hydrogen-bond donors (Lipinski definition) is 0. The summed E-state index contributed by atoms with van der Waals surface area (Å²) in [4.78, 5) is 11.5. The molecular weight excluding hydrogens is 252 g/mol. The van der Waals surface area contributed by atoms with Gasteiger partial charge in [0.1, 0.15) is 5.75 Å². The minimum Gasteiger partial charge on any atom is -0.496 e. The molecule has 1 aromatic carbocycles. The van der Waals surface area contributed by atoms with E-state index in [1.165, 1.54) is 12.8 Å². The average Bonchev–Trinajstić information content (AvgIpc) is 2.46. The molecule has 0 aliphatic heterocycles. The van der Waals surface area contributed by atoms with Crippen molar-refractivity contribution in [3.63, 3.8) is 0 Å². The second-order valence-electron chi connectivity index (χ2n) is 5.78. The Bertz CT molecular complexity index is 459. The fourth-order valence-electron chi connectivity index (χ4n) is 2.71. The van der Waals surface area contributed by atoms with Gasteiger partial charge in [-0.1, -0.05) is 6.92 Å². The van der Waals surface area contributed by atoms with Crippen molar-refractivity contribution in [1.82, 2.24) is 0 Å². The van der Waals surface area contributed by atoms with Gasteiger partial charge in [-0.25, -0.2) is 0 Å². The number of carbonyl (C=O) groups is 1. The molecule has 20 heavy (non-hydrogen) atoms. The number of rotatable bonds is 5. The highest BCUT2D eigenvalue weighted by Gasteiger charge is 2.19.